The number of hydrogen-bond donors (Lipinski definition) is 2. The van der Waals surface area contributed by atoms with Crippen LogP contribution in [0.4, 0.5) is 0 Å². The molecule has 0 radical (unpaired) electrons. The molecule has 0 spiro atoms. The van der Waals surface area contributed by atoms with Crippen molar-refractivity contribution in [3.05, 3.63) is 29.8 Å². The Balaban J connectivity index is 2.53. The van der Waals surface area contributed by atoms with Gasteiger partial charge in [-0.1, -0.05) is 12.1 Å². The van der Waals surface area contributed by atoms with Crippen LogP contribution in [0.5, 0.6) is 0 Å². The number of benzene rings is 1. The normalized spacial score (nSPS) is 12.8. The molecular formula is C7H8O3S2. The predicted molar refractivity (Wildman–Crippen MR) is 49.3 cm³/mol. The van der Waals surface area contributed by atoms with Crippen molar-refractivity contribution in [1.82, 2.24) is 0 Å². The summed E-state index contributed by atoms with van der Waals surface area (Å²) >= 11 is 1.90. The van der Waals surface area contributed by atoms with Crippen molar-refractivity contribution in [2.75, 3.05) is 0 Å². The molecular weight excluding hydrogens is 196 g/mol. The Kier molecular flexibility index (Phi) is 3.74. The van der Waals surface area contributed by atoms with Gasteiger partial charge in [0.25, 0.3) is 0 Å². The van der Waals surface area contributed by atoms with Gasteiger partial charge >= 0.3 is 11.4 Å². The molecule has 0 aliphatic heterocycles. The molecule has 1 N–H and O–H groups in total. The zero-order valence-electron chi connectivity index (χ0n) is 6.14. The van der Waals surface area contributed by atoms with Gasteiger partial charge in [-0.2, -0.15) is 4.21 Å². The summed E-state index contributed by atoms with van der Waals surface area (Å²) in [4.78, 5) is 0.851. The molecule has 66 valence electrons. The summed E-state index contributed by atoms with van der Waals surface area (Å²) in [6.07, 6.45) is 0. The van der Waals surface area contributed by atoms with Crippen LogP contribution in [0.2, 0.25) is 0 Å². The van der Waals surface area contributed by atoms with Crippen molar-refractivity contribution in [2.45, 2.75) is 11.5 Å². The second-order valence-corrected chi connectivity index (χ2v) is 3.33. The van der Waals surface area contributed by atoms with Crippen LogP contribution in [0.1, 0.15) is 5.56 Å². The zero-order valence-corrected chi connectivity index (χ0v) is 7.85. The van der Waals surface area contributed by atoms with Crippen LogP contribution in [0, 0.1) is 0 Å². The number of thiol groups is 1. The maximum absolute atomic E-state index is 10.1. The lowest BCUT2D eigenvalue weighted by Crippen LogP contribution is -1.95. The van der Waals surface area contributed by atoms with Gasteiger partial charge in [0.1, 0.15) is 0 Å². The van der Waals surface area contributed by atoms with E-state index < -0.39 is 11.4 Å². The Morgan fingerprint density at radius 3 is 2.50 bits per heavy atom. The van der Waals surface area contributed by atoms with Crippen LogP contribution in [-0.2, 0) is 22.2 Å². The summed E-state index contributed by atoms with van der Waals surface area (Å²) in [7, 11) is 0. The van der Waals surface area contributed by atoms with E-state index in [0.29, 0.717) is 0 Å². The molecule has 0 amide bonds. The molecule has 0 saturated heterocycles. The minimum atomic E-state index is -2.19. The SMILES string of the molecule is O=S(O)OCc1ccc(S)cc1. The molecule has 1 atom stereocenters. The smallest absolute Gasteiger partial charge is 0.284 e. The van der Waals surface area contributed by atoms with Gasteiger partial charge in [0.05, 0.1) is 6.61 Å². The third-order valence-corrected chi connectivity index (χ3v) is 1.88. The second kappa shape index (κ2) is 4.61. The maximum atomic E-state index is 10.1. The molecule has 1 aromatic carbocycles. The summed E-state index contributed by atoms with van der Waals surface area (Å²) in [6, 6.07) is 7.16. The largest absolute Gasteiger partial charge is 0.302 e. The Hall–Kier alpha value is -0.360. The Labute approximate surface area is 78.7 Å². The zero-order chi connectivity index (χ0) is 8.97. The monoisotopic (exact) mass is 204 g/mol. The fraction of sp³-hybridized carbons (Fsp3) is 0.143. The first kappa shape index (κ1) is 9.73. The van der Waals surface area contributed by atoms with E-state index in [-0.39, 0.29) is 6.61 Å². The van der Waals surface area contributed by atoms with Crippen LogP contribution in [0.15, 0.2) is 29.2 Å². The molecule has 0 aliphatic rings. The molecule has 5 heteroatoms. The third kappa shape index (κ3) is 3.36. The van der Waals surface area contributed by atoms with Crippen LogP contribution in [0.3, 0.4) is 0 Å². The molecule has 0 fully saturated rings. The van der Waals surface area contributed by atoms with E-state index in [2.05, 4.69) is 16.8 Å². The number of hydrogen-bond acceptors (Lipinski definition) is 3. The van der Waals surface area contributed by atoms with E-state index in [1.165, 1.54) is 0 Å². The van der Waals surface area contributed by atoms with E-state index in [0.717, 1.165) is 10.5 Å². The Morgan fingerprint density at radius 1 is 1.42 bits per heavy atom. The van der Waals surface area contributed by atoms with Crippen molar-refractivity contribution in [1.29, 1.82) is 0 Å². The van der Waals surface area contributed by atoms with Crippen molar-refractivity contribution in [3.8, 4) is 0 Å². The van der Waals surface area contributed by atoms with Gasteiger partial charge < -0.3 is 0 Å². The van der Waals surface area contributed by atoms with Gasteiger partial charge in [-0.25, -0.2) is 0 Å². The van der Waals surface area contributed by atoms with Crippen molar-refractivity contribution in [3.63, 3.8) is 0 Å². The lowest BCUT2D eigenvalue weighted by atomic mass is 10.2. The van der Waals surface area contributed by atoms with Gasteiger partial charge in [0.15, 0.2) is 0 Å². The quantitative estimate of drug-likeness (QED) is 0.581. The van der Waals surface area contributed by atoms with Gasteiger partial charge in [-0.05, 0) is 17.7 Å². The summed E-state index contributed by atoms with van der Waals surface area (Å²) in [5.74, 6) is 0. The average Bonchev–Trinajstić information content (AvgIpc) is 2.03. The standard InChI is InChI=1S/C7H8O3S2/c8-12(9)10-5-6-1-3-7(11)4-2-6/h1-4,11H,5H2,(H,8,9). The van der Waals surface area contributed by atoms with Crippen LogP contribution < -0.4 is 0 Å². The van der Waals surface area contributed by atoms with Gasteiger partial charge in [-0.15, -0.1) is 12.6 Å². The molecule has 1 aromatic rings. The van der Waals surface area contributed by atoms with E-state index in [1.807, 2.05) is 0 Å². The molecule has 0 bridgehead atoms. The fourth-order valence-electron chi connectivity index (χ4n) is 0.711. The van der Waals surface area contributed by atoms with Crippen LogP contribution >= 0.6 is 12.6 Å². The lowest BCUT2D eigenvalue weighted by molar-refractivity contribution is 0.297. The molecule has 0 saturated carbocycles. The second-order valence-electron chi connectivity index (χ2n) is 2.15. The Morgan fingerprint density at radius 2 is 2.00 bits per heavy atom. The molecule has 0 aromatic heterocycles. The van der Waals surface area contributed by atoms with E-state index in [4.69, 9.17) is 4.55 Å². The Bertz CT molecular complexity index is 270. The van der Waals surface area contributed by atoms with Crippen molar-refractivity contribution in [2.24, 2.45) is 0 Å². The van der Waals surface area contributed by atoms with Gasteiger partial charge in [-0.3, -0.25) is 8.74 Å². The van der Waals surface area contributed by atoms with E-state index >= 15 is 0 Å². The minimum absolute atomic E-state index is 0.136. The van der Waals surface area contributed by atoms with E-state index in [9.17, 15) is 4.21 Å². The maximum Gasteiger partial charge on any atom is 0.302 e. The lowest BCUT2D eigenvalue weighted by Gasteiger charge is -1.98. The highest BCUT2D eigenvalue weighted by molar-refractivity contribution is 7.80. The molecule has 3 nitrogen and oxygen atoms in total. The third-order valence-electron chi connectivity index (χ3n) is 1.26. The van der Waals surface area contributed by atoms with E-state index in [1.54, 1.807) is 24.3 Å². The first-order valence-electron chi connectivity index (χ1n) is 3.20. The highest BCUT2D eigenvalue weighted by Gasteiger charge is 1.95. The predicted octanol–water partition coefficient (Wildman–Crippen LogP) is 1.63. The van der Waals surface area contributed by atoms with Crippen LogP contribution in [-0.4, -0.2) is 8.76 Å². The molecule has 1 unspecified atom stereocenters. The van der Waals surface area contributed by atoms with Gasteiger partial charge in [0.2, 0.25) is 0 Å². The summed E-state index contributed by atoms with van der Waals surface area (Å²) < 4.78 is 22.9. The first-order valence-corrected chi connectivity index (χ1v) is 4.68. The molecule has 0 aliphatic carbocycles. The highest BCUT2D eigenvalue weighted by atomic mass is 32.2. The topological polar surface area (TPSA) is 46.5 Å². The molecule has 12 heavy (non-hydrogen) atoms. The molecule has 1 rings (SSSR count). The minimum Gasteiger partial charge on any atom is -0.284 e. The van der Waals surface area contributed by atoms with Crippen molar-refractivity contribution < 1.29 is 12.9 Å². The van der Waals surface area contributed by atoms with Crippen molar-refractivity contribution >= 4 is 24.0 Å². The average molecular weight is 204 g/mol. The van der Waals surface area contributed by atoms with Crippen LogP contribution in [0.25, 0.3) is 0 Å². The summed E-state index contributed by atoms with van der Waals surface area (Å²) in [5.41, 5.74) is 0.843. The first-order chi connectivity index (χ1) is 5.68. The van der Waals surface area contributed by atoms with Gasteiger partial charge in [0, 0.05) is 4.90 Å². The fourth-order valence-corrected chi connectivity index (χ4v) is 1.10. The summed E-state index contributed by atoms with van der Waals surface area (Å²) in [5, 5.41) is 0. The summed E-state index contributed by atoms with van der Waals surface area (Å²) in [6.45, 7) is 0.136. The number of rotatable bonds is 3. The highest BCUT2D eigenvalue weighted by Crippen LogP contribution is 2.08. The molecule has 0 heterocycles.